The molecule has 0 aliphatic rings. The number of hydrogen-bond donors (Lipinski definition) is 2. The van der Waals surface area contributed by atoms with Crippen molar-refractivity contribution in [1.29, 1.82) is 0 Å². The van der Waals surface area contributed by atoms with Crippen LogP contribution in [0, 0.1) is 6.92 Å². The van der Waals surface area contributed by atoms with Gasteiger partial charge in [0.25, 0.3) is 5.91 Å². The van der Waals surface area contributed by atoms with Crippen molar-refractivity contribution in [3.05, 3.63) is 65.1 Å². The molecule has 0 aliphatic heterocycles. The fraction of sp³-hybridized carbons (Fsp3) is 0.250. The number of nitrogens with zero attached hydrogens (tertiary/aromatic N) is 2. The minimum Gasteiger partial charge on any atom is -0.481 e. The lowest BCUT2D eigenvalue weighted by molar-refractivity contribution is -0.136. The average molecular weight is 351 g/mol. The Balaban J connectivity index is 1.90. The fourth-order valence-electron chi connectivity index (χ4n) is 2.92. The number of rotatable bonds is 6. The first kappa shape index (κ1) is 17.7. The summed E-state index contributed by atoms with van der Waals surface area (Å²) in [4.78, 5) is 28.2. The van der Waals surface area contributed by atoms with Crippen molar-refractivity contribution in [2.45, 2.75) is 33.1 Å². The Morgan fingerprint density at radius 2 is 1.88 bits per heavy atom. The number of fused-ring (bicyclic) bond motifs is 1. The highest BCUT2D eigenvalue weighted by atomic mass is 16.4. The molecule has 0 aliphatic carbocycles. The van der Waals surface area contributed by atoms with Crippen LogP contribution in [-0.4, -0.2) is 26.4 Å². The van der Waals surface area contributed by atoms with Crippen LogP contribution in [0.3, 0.4) is 0 Å². The number of carbonyl (C=O) groups is 2. The molecule has 0 bridgehead atoms. The molecule has 2 aromatic heterocycles. The van der Waals surface area contributed by atoms with Crippen molar-refractivity contribution >= 4 is 23.2 Å². The molecule has 1 aromatic carbocycles. The van der Waals surface area contributed by atoms with Gasteiger partial charge in [-0.2, -0.15) is 0 Å². The Hall–Kier alpha value is -3.15. The zero-order chi connectivity index (χ0) is 18.7. The van der Waals surface area contributed by atoms with Gasteiger partial charge in [0.1, 0.15) is 11.3 Å². The second-order valence-corrected chi connectivity index (χ2v) is 6.31. The largest absolute Gasteiger partial charge is 0.481 e. The van der Waals surface area contributed by atoms with Crippen molar-refractivity contribution in [2.75, 3.05) is 5.32 Å². The number of carboxylic acid groups (broad SMARTS) is 1. The maximum Gasteiger partial charge on any atom is 0.307 e. The van der Waals surface area contributed by atoms with Gasteiger partial charge in [-0.25, -0.2) is 4.98 Å². The lowest BCUT2D eigenvalue weighted by Crippen LogP contribution is -2.16. The number of imidazole rings is 1. The summed E-state index contributed by atoms with van der Waals surface area (Å²) in [6.07, 6.45) is 3.49. The van der Waals surface area contributed by atoms with E-state index in [-0.39, 0.29) is 12.3 Å². The summed E-state index contributed by atoms with van der Waals surface area (Å²) in [6.45, 7) is 4.03. The summed E-state index contributed by atoms with van der Waals surface area (Å²) >= 11 is 0. The van der Waals surface area contributed by atoms with E-state index >= 15 is 0 Å². The third-order valence-corrected chi connectivity index (χ3v) is 4.11. The van der Waals surface area contributed by atoms with Gasteiger partial charge >= 0.3 is 5.97 Å². The van der Waals surface area contributed by atoms with Crippen molar-refractivity contribution in [2.24, 2.45) is 0 Å². The standard InChI is InChI=1S/C20H21N3O3/c1-3-4-16-19(23-12-13(2)5-10-17(23)22-16)20(26)21-15-8-6-14(7-9-15)11-18(24)25/h5-10,12H,3-4,11H2,1-2H3,(H,21,26)(H,24,25). The van der Waals surface area contributed by atoms with Gasteiger partial charge < -0.3 is 10.4 Å². The van der Waals surface area contributed by atoms with Gasteiger partial charge in [0.15, 0.2) is 0 Å². The molecule has 6 heteroatoms. The van der Waals surface area contributed by atoms with Gasteiger partial charge in [-0.1, -0.05) is 31.5 Å². The van der Waals surface area contributed by atoms with Crippen LogP contribution in [0.5, 0.6) is 0 Å². The van der Waals surface area contributed by atoms with Crippen LogP contribution in [0.15, 0.2) is 42.6 Å². The van der Waals surface area contributed by atoms with E-state index in [0.717, 1.165) is 29.7 Å². The number of pyridine rings is 1. The maximum atomic E-state index is 12.9. The Kier molecular flexibility index (Phi) is 5.02. The van der Waals surface area contributed by atoms with Gasteiger partial charge in [0.05, 0.1) is 12.1 Å². The zero-order valence-corrected chi connectivity index (χ0v) is 14.8. The van der Waals surface area contributed by atoms with Gasteiger partial charge in [0, 0.05) is 11.9 Å². The number of aliphatic carboxylic acids is 1. The number of aryl methyl sites for hydroxylation is 2. The first-order valence-electron chi connectivity index (χ1n) is 8.57. The van der Waals surface area contributed by atoms with Crippen molar-refractivity contribution < 1.29 is 14.7 Å². The number of amides is 1. The predicted molar refractivity (Wildman–Crippen MR) is 99.7 cm³/mol. The van der Waals surface area contributed by atoms with E-state index in [0.29, 0.717) is 16.9 Å². The molecule has 3 aromatic rings. The highest BCUT2D eigenvalue weighted by Crippen LogP contribution is 2.18. The second-order valence-electron chi connectivity index (χ2n) is 6.31. The van der Waals surface area contributed by atoms with E-state index in [4.69, 9.17) is 5.11 Å². The highest BCUT2D eigenvalue weighted by molar-refractivity contribution is 6.04. The molecule has 0 spiro atoms. The van der Waals surface area contributed by atoms with Crippen molar-refractivity contribution in [3.8, 4) is 0 Å². The third kappa shape index (κ3) is 3.74. The minimum absolute atomic E-state index is 0.0403. The second kappa shape index (κ2) is 7.39. The first-order chi connectivity index (χ1) is 12.5. The summed E-state index contributed by atoms with van der Waals surface area (Å²) in [6, 6.07) is 10.7. The van der Waals surface area contributed by atoms with Crippen LogP contribution < -0.4 is 5.32 Å². The molecule has 134 valence electrons. The molecule has 0 unspecified atom stereocenters. The first-order valence-corrected chi connectivity index (χ1v) is 8.57. The quantitative estimate of drug-likeness (QED) is 0.712. The average Bonchev–Trinajstić information content (AvgIpc) is 2.93. The number of aromatic nitrogens is 2. The molecule has 0 atom stereocenters. The van der Waals surface area contributed by atoms with Gasteiger partial charge in [-0.05, 0) is 42.7 Å². The lowest BCUT2D eigenvalue weighted by Gasteiger charge is -2.08. The molecule has 2 N–H and O–H groups in total. The minimum atomic E-state index is -0.882. The number of carbonyl (C=O) groups excluding carboxylic acids is 1. The Labute approximate surface area is 151 Å². The summed E-state index contributed by atoms with van der Waals surface area (Å²) in [5.41, 5.74) is 4.42. The number of nitrogens with one attached hydrogen (secondary N) is 1. The van der Waals surface area contributed by atoms with Crippen LogP contribution in [0.2, 0.25) is 0 Å². The summed E-state index contributed by atoms with van der Waals surface area (Å²) in [7, 11) is 0. The fourth-order valence-corrected chi connectivity index (χ4v) is 2.92. The number of anilines is 1. The van der Waals surface area contributed by atoms with Crippen molar-refractivity contribution in [3.63, 3.8) is 0 Å². The Morgan fingerprint density at radius 3 is 2.54 bits per heavy atom. The van der Waals surface area contributed by atoms with E-state index < -0.39 is 5.97 Å². The van der Waals surface area contributed by atoms with Crippen molar-refractivity contribution in [1.82, 2.24) is 9.38 Å². The molecule has 0 fully saturated rings. The number of hydrogen-bond acceptors (Lipinski definition) is 3. The molecule has 26 heavy (non-hydrogen) atoms. The molecule has 0 saturated heterocycles. The van der Waals surface area contributed by atoms with Crippen LogP contribution >= 0.6 is 0 Å². The van der Waals surface area contributed by atoms with Crippen LogP contribution in [0.25, 0.3) is 5.65 Å². The summed E-state index contributed by atoms with van der Waals surface area (Å²) in [5, 5.41) is 11.7. The Bertz CT molecular complexity index is 958. The topological polar surface area (TPSA) is 83.7 Å². The van der Waals surface area contributed by atoms with Crippen LogP contribution in [-0.2, 0) is 17.6 Å². The predicted octanol–water partition coefficient (Wildman–Crippen LogP) is 3.47. The van der Waals surface area contributed by atoms with E-state index in [2.05, 4.69) is 17.2 Å². The molecule has 0 saturated carbocycles. The molecule has 0 radical (unpaired) electrons. The number of benzene rings is 1. The SMILES string of the molecule is CCCc1nc2ccc(C)cn2c1C(=O)Nc1ccc(CC(=O)O)cc1. The molecule has 3 rings (SSSR count). The maximum absolute atomic E-state index is 12.9. The number of carboxylic acids is 1. The molecule has 6 nitrogen and oxygen atoms in total. The molecular weight excluding hydrogens is 330 g/mol. The summed E-state index contributed by atoms with van der Waals surface area (Å²) in [5.74, 6) is -1.11. The van der Waals surface area contributed by atoms with Crippen LogP contribution in [0.1, 0.15) is 40.7 Å². The van der Waals surface area contributed by atoms with Gasteiger partial charge in [-0.3, -0.25) is 14.0 Å². The monoisotopic (exact) mass is 351 g/mol. The lowest BCUT2D eigenvalue weighted by atomic mass is 10.1. The zero-order valence-electron chi connectivity index (χ0n) is 14.8. The highest BCUT2D eigenvalue weighted by Gasteiger charge is 2.19. The van der Waals surface area contributed by atoms with Crippen LogP contribution in [0.4, 0.5) is 5.69 Å². The van der Waals surface area contributed by atoms with E-state index in [1.807, 2.05) is 29.7 Å². The Morgan fingerprint density at radius 1 is 1.15 bits per heavy atom. The summed E-state index contributed by atoms with van der Waals surface area (Å²) < 4.78 is 1.83. The van der Waals surface area contributed by atoms with E-state index in [9.17, 15) is 9.59 Å². The molecular formula is C20H21N3O3. The van der Waals surface area contributed by atoms with Gasteiger partial charge in [0.2, 0.25) is 0 Å². The normalized spacial score (nSPS) is 10.8. The third-order valence-electron chi connectivity index (χ3n) is 4.11. The molecule has 1 amide bonds. The van der Waals surface area contributed by atoms with E-state index in [1.54, 1.807) is 24.3 Å². The van der Waals surface area contributed by atoms with Gasteiger partial charge in [-0.15, -0.1) is 0 Å². The smallest absolute Gasteiger partial charge is 0.307 e. The van der Waals surface area contributed by atoms with E-state index in [1.165, 1.54) is 0 Å². The molecule has 2 heterocycles.